The molecule has 1 heterocycles. The highest BCUT2D eigenvalue weighted by Gasteiger charge is 2.47. The Balaban J connectivity index is 0.000000321. The lowest BCUT2D eigenvalue weighted by Gasteiger charge is -2.14. The predicted molar refractivity (Wildman–Crippen MR) is 86.1 cm³/mol. The number of aliphatic carboxylic acids is 1. The summed E-state index contributed by atoms with van der Waals surface area (Å²) in [5, 5.41) is 21.3. The molecule has 3 fully saturated rings. The summed E-state index contributed by atoms with van der Waals surface area (Å²) in [6, 6.07) is 1.62. The molecule has 0 aromatic carbocycles. The highest BCUT2D eigenvalue weighted by Crippen LogP contribution is 2.35. The van der Waals surface area contributed by atoms with E-state index in [0.29, 0.717) is 31.7 Å². The fourth-order valence-electron chi connectivity index (χ4n) is 2.64. The maximum Gasteiger partial charge on any atom is 0.490 e. The van der Waals surface area contributed by atoms with Gasteiger partial charge in [-0.1, -0.05) is 0 Å². The number of sulfone groups is 1. The summed E-state index contributed by atoms with van der Waals surface area (Å²) in [5.74, 6) is -2.41. The van der Waals surface area contributed by atoms with Crippen LogP contribution in [0.2, 0.25) is 0 Å². The number of alkyl halides is 3. The Morgan fingerprint density at radius 1 is 1.30 bits per heavy atom. The normalized spacial score (nSPS) is 26.3. The molecule has 1 saturated heterocycles. The van der Waals surface area contributed by atoms with Gasteiger partial charge in [0.2, 0.25) is 5.91 Å². The predicted octanol–water partition coefficient (Wildman–Crippen LogP) is 0.347. The average Bonchev–Trinajstić information content (AvgIpc) is 3.46. The monoisotopic (exact) mass is 411 g/mol. The van der Waals surface area contributed by atoms with Gasteiger partial charge in [0.15, 0.2) is 9.84 Å². The van der Waals surface area contributed by atoms with Gasteiger partial charge in [0.05, 0.1) is 23.1 Å². The number of carbonyl (C=O) groups is 2. The number of nitrogens with one attached hydrogen (secondary N) is 2. The van der Waals surface area contributed by atoms with Crippen LogP contribution in [0.5, 0.6) is 0 Å². The van der Waals surface area contributed by atoms with Gasteiger partial charge >= 0.3 is 12.1 Å². The first-order valence-electron chi connectivity index (χ1n) is 8.37. The maximum atomic E-state index is 12.2. The maximum absolute atomic E-state index is 12.2. The van der Waals surface area contributed by atoms with Crippen molar-refractivity contribution in [2.24, 2.45) is 5.92 Å². The summed E-state index contributed by atoms with van der Waals surface area (Å²) in [4.78, 5) is 20.9. The molecule has 152 valence electrons. The molecule has 8 nitrogen and oxygen atoms in total. The minimum Gasteiger partial charge on any atom is -0.475 e. The third kappa shape index (κ3) is 6.07. The molecule has 3 aliphatic rings. The largest absolute Gasteiger partial charge is 0.490 e. The quantitative estimate of drug-likeness (QED) is 0.594. The van der Waals surface area contributed by atoms with Crippen LogP contribution in [0.3, 0.4) is 0 Å². The van der Waals surface area contributed by atoms with Crippen LogP contribution >= 0.6 is 0 Å². The molecular weight excluding hydrogens is 391 g/mol. The minimum atomic E-state index is -5.08. The van der Waals surface area contributed by atoms with Crippen molar-refractivity contribution in [2.75, 3.05) is 12.3 Å². The van der Waals surface area contributed by atoms with Gasteiger partial charge in [-0.25, -0.2) is 13.2 Å². The van der Waals surface area contributed by atoms with Gasteiger partial charge in [-0.15, -0.1) is 0 Å². The molecule has 27 heavy (non-hydrogen) atoms. The first-order valence-corrected chi connectivity index (χ1v) is 10.1. The second-order valence-electron chi connectivity index (χ2n) is 7.08. The summed E-state index contributed by atoms with van der Waals surface area (Å²) < 4.78 is 56.1. The molecule has 1 aliphatic heterocycles. The topological polar surface area (TPSA) is 136 Å². The number of hydrogen-bond acceptors (Lipinski definition) is 6. The number of nitrogens with zero attached hydrogens (tertiary/aromatic N) is 1. The summed E-state index contributed by atoms with van der Waals surface area (Å²) >= 11 is 0. The SMILES string of the molecule is N#CC1(NC(=O)[C@@H]2C[C@@H](S(=O)(=O)CC3CC3)CN2)CC1.O=C(O)C(F)(F)F. The van der Waals surface area contributed by atoms with Gasteiger partial charge in [0.25, 0.3) is 0 Å². The van der Waals surface area contributed by atoms with Crippen LogP contribution in [0.1, 0.15) is 32.1 Å². The van der Waals surface area contributed by atoms with Crippen molar-refractivity contribution >= 4 is 21.7 Å². The fraction of sp³-hybridized carbons (Fsp3) is 0.800. The third-order valence-electron chi connectivity index (χ3n) is 4.65. The zero-order valence-corrected chi connectivity index (χ0v) is 15.1. The van der Waals surface area contributed by atoms with E-state index in [1.54, 1.807) is 0 Å². The van der Waals surface area contributed by atoms with Gasteiger partial charge in [0, 0.05) is 6.54 Å². The molecule has 2 atom stereocenters. The number of carbonyl (C=O) groups excluding carboxylic acids is 1. The molecule has 3 rings (SSSR count). The average molecular weight is 411 g/mol. The van der Waals surface area contributed by atoms with Gasteiger partial charge in [-0.3, -0.25) is 4.79 Å². The summed E-state index contributed by atoms with van der Waals surface area (Å²) in [6.45, 7) is 0.340. The molecule has 2 aliphatic carbocycles. The Hall–Kier alpha value is -1.87. The van der Waals surface area contributed by atoms with E-state index in [1.807, 2.05) is 0 Å². The number of halogens is 3. The van der Waals surface area contributed by atoms with E-state index in [0.717, 1.165) is 12.8 Å². The Bertz CT molecular complexity index is 739. The van der Waals surface area contributed by atoms with E-state index in [4.69, 9.17) is 15.2 Å². The van der Waals surface area contributed by atoms with Crippen LogP contribution in [0.4, 0.5) is 13.2 Å². The Labute approximate surface area is 154 Å². The number of carboxylic acid groups (broad SMARTS) is 1. The highest BCUT2D eigenvalue weighted by molar-refractivity contribution is 7.92. The van der Waals surface area contributed by atoms with Crippen molar-refractivity contribution in [2.45, 2.75) is 55.1 Å². The van der Waals surface area contributed by atoms with E-state index in [2.05, 4.69) is 16.7 Å². The van der Waals surface area contributed by atoms with E-state index in [1.165, 1.54) is 0 Å². The van der Waals surface area contributed by atoms with Crippen LogP contribution < -0.4 is 10.6 Å². The van der Waals surface area contributed by atoms with Crippen LogP contribution in [0.15, 0.2) is 0 Å². The first-order chi connectivity index (χ1) is 12.4. The standard InChI is InChI=1S/C13H19N3O3S.C2HF3O2/c14-8-13(3-4-13)16-12(17)11-5-10(6-15-11)20(18,19)7-9-1-2-9;3-2(4,5)1(6)7/h9-11,15H,1-7H2,(H,16,17);(H,6,7)/t10-,11+;/m1./s1. The lowest BCUT2D eigenvalue weighted by molar-refractivity contribution is -0.192. The Morgan fingerprint density at radius 2 is 1.85 bits per heavy atom. The van der Waals surface area contributed by atoms with Gasteiger partial charge in [-0.05, 0) is 38.0 Å². The molecule has 3 N–H and O–H groups in total. The molecule has 0 bridgehead atoms. The Morgan fingerprint density at radius 3 is 2.26 bits per heavy atom. The van der Waals surface area contributed by atoms with Crippen LogP contribution in [-0.4, -0.2) is 60.7 Å². The summed E-state index contributed by atoms with van der Waals surface area (Å²) in [5.41, 5.74) is -0.691. The second-order valence-corrected chi connectivity index (χ2v) is 9.40. The van der Waals surface area contributed by atoms with E-state index >= 15 is 0 Å². The molecule has 0 aromatic rings. The van der Waals surface area contributed by atoms with Crippen molar-refractivity contribution in [3.05, 3.63) is 0 Å². The van der Waals surface area contributed by atoms with Crippen LogP contribution in [0.25, 0.3) is 0 Å². The van der Waals surface area contributed by atoms with Crippen molar-refractivity contribution < 1.29 is 36.3 Å². The van der Waals surface area contributed by atoms with Gasteiger partial charge in [0.1, 0.15) is 5.54 Å². The lowest BCUT2D eigenvalue weighted by atomic mass is 10.2. The van der Waals surface area contributed by atoms with Crippen molar-refractivity contribution in [3.8, 4) is 6.07 Å². The van der Waals surface area contributed by atoms with E-state index < -0.39 is 38.8 Å². The molecule has 2 saturated carbocycles. The Kier molecular flexibility index (Phi) is 6.06. The molecule has 1 amide bonds. The third-order valence-corrected chi connectivity index (χ3v) is 6.96. The smallest absolute Gasteiger partial charge is 0.475 e. The molecule has 0 aromatic heterocycles. The molecular formula is C15H20F3N3O5S. The minimum absolute atomic E-state index is 0.242. The van der Waals surface area contributed by atoms with Crippen LogP contribution in [-0.2, 0) is 19.4 Å². The molecule has 0 radical (unpaired) electrons. The number of carboxylic acids is 1. The zero-order chi connectivity index (χ0) is 20.5. The number of nitriles is 1. The van der Waals surface area contributed by atoms with Crippen molar-refractivity contribution in [3.63, 3.8) is 0 Å². The molecule has 12 heteroatoms. The number of rotatable bonds is 5. The lowest BCUT2D eigenvalue weighted by Crippen LogP contribution is -2.45. The van der Waals surface area contributed by atoms with E-state index in [9.17, 15) is 26.4 Å². The van der Waals surface area contributed by atoms with E-state index in [-0.39, 0.29) is 11.7 Å². The highest BCUT2D eigenvalue weighted by atomic mass is 32.2. The second kappa shape index (κ2) is 7.63. The summed E-state index contributed by atoms with van der Waals surface area (Å²) in [6.07, 6.45) is -1.37. The van der Waals surface area contributed by atoms with Gasteiger partial charge in [-0.2, -0.15) is 18.4 Å². The fourth-order valence-corrected chi connectivity index (χ4v) is 4.74. The number of amides is 1. The van der Waals surface area contributed by atoms with Crippen LogP contribution in [0, 0.1) is 17.2 Å². The van der Waals surface area contributed by atoms with Crippen molar-refractivity contribution in [1.82, 2.24) is 10.6 Å². The summed E-state index contributed by atoms with van der Waals surface area (Å²) in [7, 11) is -3.10. The first kappa shape index (κ1) is 21.4. The van der Waals surface area contributed by atoms with Crippen molar-refractivity contribution in [1.29, 1.82) is 5.26 Å². The number of hydrogen-bond donors (Lipinski definition) is 3. The molecule has 0 spiro atoms. The zero-order valence-electron chi connectivity index (χ0n) is 14.3. The van der Waals surface area contributed by atoms with Gasteiger partial charge < -0.3 is 15.7 Å². The molecule has 0 unspecified atom stereocenters.